The lowest BCUT2D eigenvalue weighted by Crippen LogP contribution is -2.40. The smallest absolute Gasteiger partial charge is 0.264 e. The van der Waals surface area contributed by atoms with Crippen molar-refractivity contribution < 1.29 is 22.7 Å². The third kappa shape index (κ3) is 5.39. The highest BCUT2D eigenvalue weighted by Crippen LogP contribution is 2.35. The Morgan fingerprint density at radius 1 is 0.938 bits per heavy atom. The summed E-state index contributed by atoms with van der Waals surface area (Å²) >= 11 is 0. The molecule has 0 fully saturated rings. The molecule has 3 rings (SSSR count). The van der Waals surface area contributed by atoms with Gasteiger partial charge in [-0.25, -0.2) is 8.42 Å². The zero-order valence-corrected chi connectivity index (χ0v) is 19.1. The van der Waals surface area contributed by atoms with Crippen LogP contribution in [0.5, 0.6) is 11.5 Å². The van der Waals surface area contributed by atoms with Crippen LogP contribution in [-0.4, -0.2) is 35.1 Å². The van der Waals surface area contributed by atoms with E-state index in [-0.39, 0.29) is 17.1 Å². The molecule has 0 aliphatic carbocycles. The molecule has 3 aromatic carbocycles. The Balaban J connectivity index is 1.95. The average Bonchev–Trinajstić information content (AvgIpc) is 2.81. The number of amides is 1. The van der Waals surface area contributed by atoms with Gasteiger partial charge in [0.1, 0.15) is 18.0 Å². The molecule has 0 aliphatic heterocycles. The number of carbonyl (C=O) groups excluding carboxylic acids is 1. The van der Waals surface area contributed by atoms with Crippen molar-refractivity contribution in [2.24, 2.45) is 0 Å². The fourth-order valence-electron chi connectivity index (χ4n) is 3.22. The fourth-order valence-corrected chi connectivity index (χ4v) is 4.66. The van der Waals surface area contributed by atoms with Gasteiger partial charge in [-0.1, -0.05) is 48.0 Å². The minimum atomic E-state index is -4.06. The van der Waals surface area contributed by atoms with Crippen LogP contribution in [0, 0.1) is 6.92 Å². The monoisotopic (exact) mass is 454 g/mol. The number of hydrogen-bond donors (Lipinski definition) is 1. The Labute approximate surface area is 188 Å². The SMILES string of the molecule is COc1ccc(OC)c(N(CC(=O)NCc2cccc(C)c2)S(=O)(=O)c2ccccc2)c1. The van der Waals surface area contributed by atoms with Crippen molar-refractivity contribution in [3.8, 4) is 11.5 Å². The maximum absolute atomic E-state index is 13.5. The molecular weight excluding hydrogens is 428 g/mol. The number of methoxy groups -OCH3 is 2. The molecule has 0 saturated carbocycles. The number of anilines is 1. The summed E-state index contributed by atoms with van der Waals surface area (Å²) in [6.07, 6.45) is 0. The predicted octanol–water partition coefficient (Wildman–Crippen LogP) is 3.52. The molecule has 1 N–H and O–H groups in total. The lowest BCUT2D eigenvalue weighted by Gasteiger charge is -2.26. The molecule has 3 aromatic rings. The maximum Gasteiger partial charge on any atom is 0.264 e. The van der Waals surface area contributed by atoms with Gasteiger partial charge >= 0.3 is 0 Å². The van der Waals surface area contributed by atoms with Gasteiger partial charge in [0.15, 0.2) is 0 Å². The number of nitrogens with zero attached hydrogens (tertiary/aromatic N) is 1. The standard InChI is InChI=1S/C24H26N2O5S/c1-18-8-7-9-19(14-18)16-25-24(27)17-26(32(28,29)21-10-5-4-6-11-21)22-15-20(30-2)12-13-23(22)31-3/h4-15H,16-17H2,1-3H3,(H,25,27). The van der Waals surface area contributed by atoms with E-state index in [0.29, 0.717) is 11.5 Å². The van der Waals surface area contributed by atoms with Crippen LogP contribution in [0.4, 0.5) is 5.69 Å². The lowest BCUT2D eigenvalue weighted by molar-refractivity contribution is -0.119. The summed E-state index contributed by atoms with van der Waals surface area (Å²) in [5, 5.41) is 2.80. The maximum atomic E-state index is 13.5. The summed E-state index contributed by atoms with van der Waals surface area (Å²) < 4.78 is 38.7. The van der Waals surface area contributed by atoms with Gasteiger partial charge in [-0.15, -0.1) is 0 Å². The topological polar surface area (TPSA) is 84.9 Å². The minimum Gasteiger partial charge on any atom is -0.497 e. The fraction of sp³-hybridized carbons (Fsp3) is 0.208. The Morgan fingerprint density at radius 2 is 1.69 bits per heavy atom. The van der Waals surface area contributed by atoms with Gasteiger partial charge in [0.25, 0.3) is 10.0 Å². The van der Waals surface area contributed by atoms with E-state index >= 15 is 0 Å². The number of benzene rings is 3. The van der Waals surface area contributed by atoms with Crippen molar-refractivity contribution in [3.05, 3.63) is 83.9 Å². The molecule has 7 nitrogen and oxygen atoms in total. The number of sulfonamides is 1. The van der Waals surface area contributed by atoms with E-state index < -0.39 is 22.5 Å². The van der Waals surface area contributed by atoms with Crippen molar-refractivity contribution in [1.82, 2.24) is 5.32 Å². The van der Waals surface area contributed by atoms with Crippen LogP contribution in [0.15, 0.2) is 77.7 Å². The quantitative estimate of drug-likeness (QED) is 0.535. The molecular formula is C24H26N2O5S. The summed E-state index contributed by atoms with van der Waals surface area (Å²) in [5.41, 5.74) is 2.21. The van der Waals surface area contributed by atoms with Gasteiger partial charge in [0.2, 0.25) is 5.91 Å². The zero-order valence-electron chi connectivity index (χ0n) is 18.2. The Kier molecular flexibility index (Phi) is 7.37. The van der Waals surface area contributed by atoms with Crippen molar-refractivity contribution in [2.75, 3.05) is 25.1 Å². The minimum absolute atomic E-state index is 0.0661. The van der Waals surface area contributed by atoms with Gasteiger partial charge in [-0.05, 0) is 36.8 Å². The molecule has 0 aromatic heterocycles. The molecule has 0 unspecified atom stereocenters. The molecule has 168 valence electrons. The van der Waals surface area contributed by atoms with Crippen LogP contribution in [0.2, 0.25) is 0 Å². The normalized spacial score (nSPS) is 11.0. The van der Waals surface area contributed by atoms with Crippen LogP contribution < -0.4 is 19.1 Å². The number of ether oxygens (including phenoxy) is 2. The van der Waals surface area contributed by atoms with E-state index in [0.717, 1.165) is 15.4 Å². The highest BCUT2D eigenvalue weighted by Gasteiger charge is 2.29. The zero-order chi connectivity index (χ0) is 23.1. The van der Waals surface area contributed by atoms with Gasteiger partial charge in [0.05, 0.1) is 24.8 Å². The third-order valence-electron chi connectivity index (χ3n) is 4.85. The van der Waals surface area contributed by atoms with Gasteiger partial charge in [-0.2, -0.15) is 0 Å². The highest BCUT2D eigenvalue weighted by atomic mass is 32.2. The largest absolute Gasteiger partial charge is 0.497 e. The second-order valence-electron chi connectivity index (χ2n) is 7.13. The van der Waals surface area contributed by atoms with Crippen LogP contribution in [0.1, 0.15) is 11.1 Å². The van der Waals surface area contributed by atoms with E-state index in [4.69, 9.17) is 9.47 Å². The Hall–Kier alpha value is -3.52. The Bertz CT molecular complexity index is 1180. The first-order valence-corrected chi connectivity index (χ1v) is 11.4. The first-order chi connectivity index (χ1) is 15.3. The average molecular weight is 455 g/mol. The summed E-state index contributed by atoms with van der Waals surface area (Å²) in [7, 11) is -1.14. The van der Waals surface area contributed by atoms with Crippen LogP contribution >= 0.6 is 0 Å². The molecule has 0 spiro atoms. The second-order valence-corrected chi connectivity index (χ2v) is 8.99. The van der Waals surface area contributed by atoms with Crippen molar-refractivity contribution >= 4 is 21.6 Å². The van der Waals surface area contributed by atoms with Gasteiger partial charge in [0, 0.05) is 12.6 Å². The first-order valence-electron chi connectivity index (χ1n) is 9.97. The number of aryl methyl sites for hydroxylation is 1. The molecule has 0 heterocycles. The summed E-state index contributed by atoms with van der Waals surface area (Å²) in [5.74, 6) is 0.293. The van der Waals surface area contributed by atoms with Crippen molar-refractivity contribution in [1.29, 1.82) is 0 Å². The molecule has 0 radical (unpaired) electrons. The van der Waals surface area contributed by atoms with Gasteiger partial charge < -0.3 is 14.8 Å². The molecule has 0 bridgehead atoms. The number of nitrogens with one attached hydrogen (secondary N) is 1. The van der Waals surface area contributed by atoms with Crippen molar-refractivity contribution in [2.45, 2.75) is 18.4 Å². The number of hydrogen-bond acceptors (Lipinski definition) is 5. The molecule has 8 heteroatoms. The van der Waals surface area contributed by atoms with E-state index in [1.165, 1.54) is 32.4 Å². The van der Waals surface area contributed by atoms with Crippen LogP contribution in [0.3, 0.4) is 0 Å². The van der Waals surface area contributed by atoms with E-state index in [1.807, 2.05) is 31.2 Å². The molecule has 0 aliphatic rings. The van der Waals surface area contributed by atoms with Crippen molar-refractivity contribution in [3.63, 3.8) is 0 Å². The van der Waals surface area contributed by atoms with E-state index in [2.05, 4.69) is 5.32 Å². The third-order valence-corrected chi connectivity index (χ3v) is 6.62. The predicted molar refractivity (Wildman–Crippen MR) is 124 cm³/mol. The summed E-state index contributed by atoms with van der Waals surface area (Å²) in [4.78, 5) is 12.9. The van der Waals surface area contributed by atoms with Crippen LogP contribution in [-0.2, 0) is 21.4 Å². The van der Waals surface area contributed by atoms with E-state index in [9.17, 15) is 13.2 Å². The van der Waals surface area contributed by atoms with Gasteiger partial charge in [-0.3, -0.25) is 9.10 Å². The molecule has 0 atom stereocenters. The summed E-state index contributed by atoms with van der Waals surface area (Å²) in [6, 6.07) is 20.5. The first kappa shape index (κ1) is 23.1. The lowest BCUT2D eigenvalue weighted by atomic mass is 10.1. The number of rotatable bonds is 9. The Morgan fingerprint density at radius 3 is 2.34 bits per heavy atom. The highest BCUT2D eigenvalue weighted by molar-refractivity contribution is 7.92. The molecule has 32 heavy (non-hydrogen) atoms. The molecule has 0 saturated heterocycles. The number of carbonyl (C=O) groups is 1. The second kappa shape index (κ2) is 10.2. The van der Waals surface area contributed by atoms with E-state index in [1.54, 1.807) is 30.3 Å². The molecule has 1 amide bonds. The summed E-state index contributed by atoms with van der Waals surface area (Å²) in [6.45, 7) is 1.83. The van der Waals surface area contributed by atoms with Crippen LogP contribution in [0.25, 0.3) is 0 Å².